The van der Waals surface area contributed by atoms with Gasteiger partial charge in [-0.25, -0.2) is 0 Å². The summed E-state index contributed by atoms with van der Waals surface area (Å²) >= 11 is 0. The second-order valence-electron chi connectivity index (χ2n) is 6.34. The standard InChI is InChI=1S/C17H25N3O5S2.ClH/c18-17(22)14-10-12(5-6-15(14)21)16(25-20(23)24)11-19-8-3-1-2-4-13-7-9-26-27-13;/h5-6,10,13,16,19,21H,1-4,7-9,11H2,(H2,18,22);1H. The molecule has 2 rings (SSSR count). The molecule has 1 saturated heterocycles. The molecule has 1 aromatic rings. The zero-order valence-corrected chi connectivity index (χ0v) is 17.8. The maximum atomic E-state index is 11.3. The minimum absolute atomic E-state index is 0. The van der Waals surface area contributed by atoms with Gasteiger partial charge in [-0.15, -0.1) is 22.5 Å². The fourth-order valence-electron chi connectivity index (χ4n) is 2.87. The Labute approximate surface area is 178 Å². The summed E-state index contributed by atoms with van der Waals surface area (Å²) in [5.41, 5.74) is 5.52. The average molecular weight is 452 g/mol. The van der Waals surface area contributed by atoms with Crippen LogP contribution in [0.3, 0.4) is 0 Å². The molecular formula is C17H26ClN3O5S2. The number of rotatable bonds is 12. The van der Waals surface area contributed by atoms with Crippen molar-refractivity contribution in [2.75, 3.05) is 18.8 Å². The summed E-state index contributed by atoms with van der Waals surface area (Å²) in [4.78, 5) is 26.9. The lowest BCUT2D eigenvalue weighted by atomic mass is 10.0. The van der Waals surface area contributed by atoms with E-state index < -0.39 is 17.1 Å². The zero-order chi connectivity index (χ0) is 19.6. The number of hydrogen-bond acceptors (Lipinski definition) is 8. The third-order valence-corrected chi connectivity index (χ3v) is 7.31. The number of aromatic hydroxyl groups is 1. The van der Waals surface area contributed by atoms with Crippen LogP contribution in [-0.2, 0) is 4.84 Å². The highest BCUT2D eigenvalue weighted by Crippen LogP contribution is 2.39. The van der Waals surface area contributed by atoms with Crippen LogP contribution >= 0.6 is 34.0 Å². The Morgan fingerprint density at radius 2 is 2.21 bits per heavy atom. The number of nitrogens with two attached hydrogens (primary N) is 1. The molecule has 1 aliphatic rings. The molecule has 0 saturated carbocycles. The largest absolute Gasteiger partial charge is 0.507 e. The van der Waals surface area contributed by atoms with E-state index in [4.69, 9.17) is 10.6 Å². The van der Waals surface area contributed by atoms with E-state index in [1.807, 2.05) is 21.6 Å². The Morgan fingerprint density at radius 1 is 1.43 bits per heavy atom. The summed E-state index contributed by atoms with van der Waals surface area (Å²) in [7, 11) is 3.95. The number of amides is 1. The Hall–Kier alpha value is -1.36. The number of carbonyl (C=O) groups excluding carboxylic acids is 1. The van der Waals surface area contributed by atoms with E-state index >= 15 is 0 Å². The highest BCUT2D eigenvalue weighted by atomic mass is 35.5. The minimum Gasteiger partial charge on any atom is -0.507 e. The number of primary amides is 1. The van der Waals surface area contributed by atoms with Crippen molar-refractivity contribution >= 4 is 39.9 Å². The topological polar surface area (TPSA) is 128 Å². The first-order chi connectivity index (χ1) is 13.0. The Kier molecular flexibility index (Phi) is 11.4. The smallest absolute Gasteiger partial charge is 0.295 e. The number of carbonyl (C=O) groups is 1. The first kappa shape index (κ1) is 24.7. The second-order valence-corrected chi connectivity index (χ2v) is 9.13. The van der Waals surface area contributed by atoms with Crippen LogP contribution < -0.4 is 11.1 Å². The van der Waals surface area contributed by atoms with E-state index in [2.05, 4.69) is 5.32 Å². The maximum Gasteiger partial charge on any atom is 0.295 e. The lowest BCUT2D eigenvalue weighted by Crippen LogP contribution is -2.26. The van der Waals surface area contributed by atoms with Gasteiger partial charge in [0.25, 0.3) is 11.0 Å². The number of nitrogens with zero attached hydrogens (tertiary/aromatic N) is 1. The van der Waals surface area contributed by atoms with Crippen LogP contribution in [0.1, 0.15) is 54.1 Å². The van der Waals surface area contributed by atoms with E-state index in [9.17, 15) is 20.0 Å². The van der Waals surface area contributed by atoms with Gasteiger partial charge in [-0.1, -0.05) is 40.5 Å². The van der Waals surface area contributed by atoms with Crippen LogP contribution in [0, 0.1) is 10.1 Å². The van der Waals surface area contributed by atoms with Crippen molar-refractivity contribution in [3.05, 3.63) is 39.4 Å². The molecule has 158 valence electrons. The van der Waals surface area contributed by atoms with Crippen LogP contribution in [0.2, 0.25) is 0 Å². The third-order valence-electron chi connectivity index (χ3n) is 4.31. The van der Waals surface area contributed by atoms with Gasteiger partial charge in [-0.3, -0.25) is 4.79 Å². The summed E-state index contributed by atoms with van der Waals surface area (Å²) in [5, 5.41) is 23.5. The van der Waals surface area contributed by atoms with Gasteiger partial charge in [-0.05, 0) is 43.5 Å². The highest BCUT2D eigenvalue weighted by molar-refractivity contribution is 8.77. The number of unbranched alkanes of at least 4 members (excludes halogenated alkanes) is 2. The fraction of sp³-hybridized carbons (Fsp3) is 0.588. The molecule has 0 aliphatic carbocycles. The first-order valence-electron chi connectivity index (χ1n) is 8.90. The molecule has 11 heteroatoms. The van der Waals surface area contributed by atoms with Crippen LogP contribution in [0.5, 0.6) is 5.75 Å². The quantitative estimate of drug-likeness (QED) is 0.191. The van der Waals surface area contributed by atoms with Crippen LogP contribution in [0.25, 0.3) is 0 Å². The van der Waals surface area contributed by atoms with Gasteiger partial charge in [0, 0.05) is 17.5 Å². The molecule has 0 spiro atoms. The molecule has 4 N–H and O–H groups in total. The molecule has 1 aliphatic heterocycles. The molecule has 8 nitrogen and oxygen atoms in total. The van der Waals surface area contributed by atoms with Crippen LogP contribution in [-0.4, -0.2) is 40.2 Å². The van der Waals surface area contributed by atoms with E-state index in [1.54, 1.807) is 0 Å². The molecule has 0 radical (unpaired) electrons. The normalized spacial score (nSPS) is 16.9. The van der Waals surface area contributed by atoms with Crippen molar-refractivity contribution in [2.45, 2.75) is 43.5 Å². The van der Waals surface area contributed by atoms with Crippen molar-refractivity contribution < 1.29 is 19.8 Å². The predicted molar refractivity (Wildman–Crippen MR) is 114 cm³/mol. The van der Waals surface area contributed by atoms with Gasteiger partial charge in [0.2, 0.25) is 0 Å². The number of benzene rings is 1. The van der Waals surface area contributed by atoms with Crippen LogP contribution in [0.15, 0.2) is 18.2 Å². The van der Waals surface area contributed by atoms with Crippen LogP contribution in [0.4, 0.5) is 0 Å². The van der Waals surface area contributed by atoms with Crippen molar-refractivity contribution in [1.29, 1.82) is 0 Å². The molecular weight excluding hydrogens is 426 g/mol. The number of phenols is 1. The van der Waals surface area contributed by atoms with E-state index in [0.717, 1.165) is 24.6 Å². The number of hydrogen-bond donors (Lipinski definition) is 3. The summed E-state index contributed by atoms with van der Waals surface area (Å²) in [5.74, 6) is 0.183. The Bertz CT molecular complexity index is 647. The van der Waals surface area contributed by atoms with E-state index in [-0.39, 0.29) is 30.3 Å². The molecule has 1 fully saturated rings. The van der Waals surface area contributed by atoms with Crippen molar-refractivity contribution in [3.63, 3.8) is 0 Å². The second kappa shape index (κ2) is 13.0. The maximum absolute atomic E-state index is 11.3. The average Bonchev–Trinajstić information content (AvgIpc) is 3.13. The third kappa shape index (κ3) is 8.34. The molecule has 1 amide bonds. The van der Waals surface area contributed by atoms with Crippen molar-refractivity contribution in [3.8, 4) is 5.75 Å². The highest BCUT2D eigenvalue weighted by Gasteiger charge is 2.19. The Morgan fingerprint density at radius 3 is 2.86 bits per heavy atom. The van der Waals surface area contributed by atoms with Gasteiger partial charge in [0.05, 0.1) is 5.56 Å². The van der Waals surface area contributed by atoms with Gasteiger partial charge < -0.3 is 21.0 Å². The predicted octanol–water partition coefficient (Wildman–Crippen LogP) is 3.47. The van der Waals surface area contributed by atoms with E-state index in [1.165, 1.54) is 43.2 Å². The van der Waals surface area contributed by atoms with Gasteiger partial charge >= 0.3 is 0 Å². The molecule has 2 atom stereocenters. The summed E-state index contributed by atoms with van der Waals surface area (Å²) in [6.45, 7) is 0.948. The molecule has 2 unspecified atom stereocenters. The van der Waals surface area contributed by atoms with Gasteiger partial charge in [0.15, 0.2) is 0 Å². The lowest BCUT2D eigenvalue weighted by molar-refractivity contribution is -0.770. The summed E-state index contributed by atoms with van der Waals surface area (Å²) in [6.07, 6.45) is 4.94. The number of nitrogens with one attached hydrogen (secondary N) is 1. The van der Waals surface area contributed by atoms with Gasteiger partial charge in [0.1, 0.15) is 11.9 Å². The molecule has 1 heterocycles. The minimum atomic E-state index is -0.884. The Balaban J connectivity index is 0.00000392. The van der Waals surface area contributed by atoms with E-state index in [0.29, 0.717) is 5.56 Å². The summed E-state index contributed by atoms with van der Waals surface area (Å²) < 4.78 is 0. The van der Waals surface area contributed by atoms with Crippen molar-refractivity contribution in [1.82, 2.24) is 5.32 Å². The molecule has 28 heavy (non-hydrogen) atoms. The lowest BCUT2D eigenvalue weighted by Gasteiger charge is -2.17. The SMILES string of the molecule is Cl.NC(=O)c1cc(C(CNCCCCCC2CCSS2)O[N+](=O)[O-])ccc1O. The molecule has 0 bridgehead atoms. The zero-order valence-electron chi connectivity index (χ0n) is 15.4. The first-order valence-corrected chi connectivity index (χ1v) is 11.3. The molecule has 0 aromatic heterocycles. The van der Waals surface area contributed by atoms with Gasteiger partial charge in [-0.2, -0.15) is 0 Å². The monoisotopic (exact) mass is 451 g/mol. The van der Waals surface area contributed by atoms with Crippen molar-refractivity contribution in [2.24, 2.45) is 5.73 Å². The fourth-order valence-corrected chi connectivity index (χ4v) is 5.90. The molecule has 1 aromatic carbocycles. The summed E-state index contributed by atoms with van der Waals surface area (Å²) in [6, 6.07) is 4.09. The number of halogens is 1.